The summed E-state index contributed by atoms with van der Waals surface area (Å²) in [6.07, 6.45) is 3.45. The van der Waals surface area contributed by atoms with Crippen molar-refractivity contribution in [2.24, 2.45) is 0 Å². The van der Waals surface area contributed by atoms with E-state index in [0.717, 1.165) is 18.7 Å². The summed E-state index contributed by atoms with van der Waals surface area (Å²) in [5, 5.41) is 10.5. The molecule has 1 aromatic heterocycles. The minimum atomic E-state index is -0.548. The van der Waals surface area contributed by atoms with Crippen LogP contribution in [0.15, 0.2) is 85.6 Å². The van der Waals surface area contributed by atoms with Crippen LogP contribution in [0.2, 0.25) is 0 Å². The highest BCUT2D eigenvalue weighted by Crippen LogP contribution is 2.14. The molecule has 1 unspecified atom stereocenters. The van der Waals surface area contributed by atoms with Gasteiger partial charge in [-0.15, -0.1) is 6.58 Å². The Bertz CT molecular complexity index is 904. The molecule has 0 aliphatic heterocycles. The second-order valence-electron chi connectivity index (χ2n) is 7.69. The van der Waals surface area contributed by atoms with Gasteiger partial charge < -0.3 is 14.4 Å². The second-order valence-corrected chi connectivity index (χ2v) is 7.69. The van der Waals surface area contributed by atoms with E-state index in [0.29, 0.717) is 26.3 Å². The van der Waals surface area contributed by atoms with E-state index >= 15 is 0 Å². The van der Waals surface area contributed by atoms with Crippen LogP contribution in [0.4, 0.5) is 0 Å². The number of aliphatic hydroxyl groups is 1. The molecule has 0 fully saturated rings. The van der Waals surface area contributed by atoms with Gasteiger partial charge in [-0.05, 0) is 35.7 Å². The van der Waals surface area contributed by atoms with Gasteiger partial charge >= 0.3 is 0 Å². The topological polar surface area (TPSA) is 37.6 Å². The fourth-order valence-electron chi connectivity index (χ4n) is 3.57. The third kappa shape index (κ3) is 6.70. The highest BCUT2D eigenvalue weighted by atomic mass is 16.5. The molecule has 0 bridgehead atoms. The van der Waals surface area contributed by atoms with Crippen LogP contribution in [0, 0.1) is 6.92 Å². The van der Waals surface area contributed by atoms with Crippen LogP contribution in [0.3, 0.4) is 0 Å². The molecule has 3 rings (SSSR count). The standard InChI is InChI=1S/C26H32N2O2/c1-3-15-27(19-26(29)21-30-20-23-11-5-4-6-12-23)18-25-14-9-16-28(25)17-24-13-8-7-10-22(24)2/h3-14,16,26,29H,1,15,17-21H2,2H3. The van der Waals surface area contributed by atoms with E-state index in [1.807, 2.05) is 36.4 Å². The highest BCUT2D eigenvalue weighted by molar-refractivity contribution is 5.26. The molecular weight excluding hydrogens is 372 g/mol. The number of ether oxygens (including phenoxy) is 1. The quantitative estimate of drug-likeness (QED) is 0.454. The van der Waals surface area contributed by atoms with Gasteiger partial charge in [0.05, 0.1) is 19.3 Å². The molecule has 4 heteroatoms. The lowest BCUT2D eigenvalue weighted by molar-refractivity contribution is 0.0101. The molecule has 0 aliphatic rings. The normalized spacial score (nSPS) is 12.2. The maximum atomic E-state index is 10.5. The van der Waals surface area contributed by atoms with Crippen LogP contribution in [0.1, 0.15) is 22.4 Å². The molecular formula is C26H32N2O2. The molecule has 1 atom stereocenters. The first-order valence-electron chi connectivity index (χ1n) is 10.5. The molecule has 1 N–H and O–H groups in total. The number of nitrogens with zero attached hydrogens (tertiary/aromatic N) is 2. The Labute approximate surface area is 180 Å². The van der Waals surface area contributed by atoms with Gasteiger partial charge in [0.2, 0.25) is 0 Å². The van der Waals surface area contributed by atoms with Gasteiger partial charge in [0.1, 0.15) is 0 Å². The number of aromatic nitrogens is 1. The van der Waals surface area contributed by atoms with Gasteiger partial charge in [-0.25, -0.2) is 0 Å². The number of aliphatic hydroxyl groups excluding tert-OH is 1. The number of rotatable bonds is 12. The van der Waals surface area contributed by atoms with Crippen LogP contribution >= 0.6 is 0 Å². The minimum Gasteiger partial charge on any atom is -0.389 e. The second kappa shape index (κ2) is 11.5. The van der Waals surface area contributed by atoms with Gasteiger partial charge in [0.25, 0.3) is 0 Å². The van der Waals surface area contributed by atoms with Crippen LogP contribution < -0.4 is 0 Å². The Balaban J connectivity index is 1.54. The third-order valence-electron chi connectivity index (χ3n) is 5.19. The van der Waals surface area contributed by atoms with Crippen molar-refractivity contribution >= 4 is 0 Å². The average Bonchev–Trinajstić information content (AvgIpc) is 3.17. The molecule has 30 heavy (non-hydrogen) atoms. The number of hydrogen-bond acceptors (Lipinski definition) is 3. The molecule has 4 nitrogen and oxygen atoms in total. The molecule has 3 aromatic rings. The van der Waals surface area contributed by atoms with Gasteiger partial charge in [-0.1, -0.05) is 60.7 Å². The van der Waals surface area contributed by atoms with E-state index in [-0.39, 0.29) is 0 Å². The van der Waals surface area contributed by atoms with Crippen LogP contribution in [-0.2, 0) is 24.4 Å². The fourth-order valence-corrected chi connectivity index (χ4v) is 3.57. The third-order valence-corrected chi connectivity index (χ3v) is 5.19. The Morgan fingerprint density at radius 1 is 1.07 bits per heavy atom. The van der Waals surface area contributed by atoms with E-state index in [1.165, 1.54) is 16.8 Å². The molecule has 0 spiro atoms. The van der Waals surface area contributed by atoms with Crippen molar-refractivity contribution in [3.05, 3.63) is 108 Å². The summed E-state index contributed by atoms with van der Waals surface area (Å²) < 4.78 is 7.98. The molecule has 0 amide bonds. The summed E-state index contributed by atoms with van der Waals surface area (Å²) >= 11 is 0. The molecule has 1 heterocycles. The van der Waals surface area contributed by atoms with Gasteiger partial charge in [-0.2, -0.15) is 0 Å². The molecule has 0 radical (unpaired) electrons. The lowest BCUT2D eigenvalue weighted by Gasteiger charge is -2.24. The highest BCUT2D eigenvalue weighted by Gasteiger charge is 2.14. The van der Waals surface area contributed by atoms with E-state index in [2.05, 4.69) is 65.6 Å². The van der Waals surface area contributed by atoms with Crippen LogP contribution in [0.5, 0.6) is 0 Å². The predicted molar refractivity (Wildman–Crippen MR) is 122 cm³/mol. The van der Waals surface area contributed by atoms with Crippen molar-refractivity contribution in [3.8, 4) is 0 Å². The molecule has 0 saturated heterocycles. The first-order chi connectivity index (χ1) is 14.7. The van der Waals surface area contributed by atoms with Crippen molar-refractivity contribution < 1.29 is 9.84 Å². The van der Waals surface area contributed by atoms with Crippen molar-refractivity contribution in [3.63, 3.8) is 0 Å². The Morgan fingerprint density at radius 2 is 1.83 bits per heavy atom. The van der Waals surface area contributed by atoms with E-state index < -0.39 is 6.10 Å². The number of aryl methyl sites for hydroxylation is 1. The summed E-state index contributed by atoms with van der Waals surface area (Å²) in [6, 6.07) is 22.7. The zero-order chi connectivity index (χ0) is 21.2. The maximum absolute atomic E-state index is 10.5. The maximum Gasteiger partial charge on any atom is 0.0900 e. The minimum absolute atomic E-state index is 0.312. The molecule has 0 saturated carbocycles. The summed E-state index contributed by atoms with van der Waals surface area (Å²) in [5.74, 6) is 0. The Kier molecular flexibility index (Phi) is 8.45. The molecule has 2 aromatic carbocycles. The van der Waals surface area contributed by atoms with E-state index in [4.69, 9.17) is 4.74 Å². The van der Waals surface area contributed by atoms with Gasteiger partial charge in [0.15, 0.2) is 0 Å². The van der Waals surface area contributed by atoms with Crippen molar-refractivity contribution in [2.45, 2.75) is 32.7 Å². The van der Waals surface area contributed by atoms with Crippen molar-refractivity contribution in [2.75, 3.05) is 19.7 Å². The van der Waals surface area contributed by atoms with E-state index in [1.54, 1.807) is 0 Å². The lowest BCUT2D eigenvalue weighted by atomic mass is 10.1. The fraction of sp³-hybridized carbons (Fsp3) is 0.308. The largest absolute Gasteiger partial charge is 0.389 e. The first-order valence-corrected chi connectivity index (χ1v) is 10.5. The summed E-state index contributed by atoms with van der Waals surface area (Å²) in [4.78, 5) is 2.20. The average molecular weight is 405 g/mol. The summed E-state index contributed by atoms with van der Waals surface area (Å²) in [5.41, 5.74) is 4.95. The summed E-state index contributed by atoms with van der Waals surface area (Å²) in [7, 11) is 0. The number of benzene rings is 2. The molecule has 0 aliphatic carbocycles. The molecule has 158 valence electrons. The van der Waals surface area contributed by atoms with Crippen LogP contribution in [-0.4, -0.2) is 40.4 Å². The van der Waals surface area contributed by atoms with Gasteiger partial charge in [-0.3, -0.25) is 4.90 Å². The Morgan fingerprint density at radius 3 is 2.60 bits per heavy atom. The van der Waals surface area contributed by atoms with Crippen molar-refractivity contribution in [1.29, 1.82) is 0 Å². The predicted octanol–water partition coefficient (Wildman–Crippen LogP) is 4.41. The summed E-state index contributed by atoms with van der Waals surface area (Å²) in [6.45, 7) is 9.70. The zero-order valence-electron chi connectivity index (χ0n) is 17.8. The smallest absolute Gasteiger partial charge is 0.0900 e. The number of hydrogen-bond donors (Lipinski definition) is 1. The lowest BCUT2D eigenvalue weighted by Crippen LogP contribution is -2.35. The van der Waals surface area contributed by atoms with Gasteiger partial charge in [0, 0.05) is 38.1 Å². The first kappa shape index (κ1) is 22.0. The van der Waals surface area contributed by atoms with Crippen molar-refractivity contribution in [1.82, 2.24) is 9.47 Å². The SMILES string of the molecule is C=CCN(Cc1cccn1Cc1ccccc1C)CC(O)COCc1ccccc1. The zero-order valence-corrected chi connectivity index (χ0v) is 17.8. The van der Waals surface area contributed by atoms with E-state index in [9.17, 15) is 5.11 Å². The Hall–Kier alpha value is -2.66. The van der Waals surface area contributed by atoms with Crippen LogP contribution in [0.25, 0.3) is 0 Å². The monoisotopic (exact) mass is 404 g/mol.